The average Bonchev–Trinajstić information content (AvgIpc) is 2.99. The van der Waals surface area contributed by atoms with Crippen molar-refractivity contribution in [1.82, 2.24) is 15.6 Å². The molecule has 2 heterocycles. The molecular formula is C12H19IN4O2S. The standard InChI is InChI=1S/C12H18N4O2S.HI/c1-3-18-11(17)9-7-19-10(16-9)4-5-13-12-14-6-8(2)15-12;/h7-8H,3-6H2,1-2H3,(H2,13,14,15);1H. The highest BCUT2D eigenvalue weighted by Gasteiger charge is 2.13. The number of aliphatic imine (C=N–C) groups is 1. The number of halogens is 1. The van der Waals surface area contributed by atoms with E-state index in [1.807, 2.05) is 0 Å². The summed E-state index contributed by atoms with van der Waals surface area (Å²) in [7, 11) is 0. The molecule has 2 rings (SSSR count). The summed E-state index contributed by atoms with van der Waals surface area (Å²) in [5.74, 6) is 0.489. The maximum atomic E-state index is 11.5. The predicted octanol–water partition coefficient (Wildman–Crippen LogP) is 1.42. The molecule has 0 bridgehead atoms. The minimum Gasteiger partial charge on any atom is -0.461 e. The van der Waals surface area contributed by atoms with E-state index >= 15 is 0 Å². The van der Waals surface area contributed by atoms with E-state index in [1.54, 1.807) is 12.3 Å². The van der Waals surface area contributed by atoms with E-state index in [9.17, 15) is 4.79 Å². The van der Waals surface area contributed by atoms with Crippen LogP contribution >= 0.6 is 35.3 Å². The van der Waals surface area contributed by atoms with Gasteiger partial charge in [-0.1, -0.05) is 0 Å². The van der Waals surface area contributed by atoms with Crippen LogP contribution in [0, 0.1) is 0 Å². The van der Waals surface area contributed by atoms with Gasteiger partial charge in [-0.25, -0.2) is 9.78 Å². The van der Waals surface area contributed by atoms with Gasteiger partial charge >= 0.3 is 5.97 Å². The SMILES string of the molecule is CCOC(=O)c1csc(CCNC2=NCC(C)N2)n1.I. The van der Waals surface area contributed by atoms with Gasteiger partial charge in [0, 0.05) is 24.4 Å². The van der Waals surface area contributed by atoms with Crippen molar-refractivity contribution in [2.24, 2.45) is 4.99 Å². The molecule has 0 aromatic carbocycles. The first kappa shape index (κ1) is 17.2. The molecule has 0 saturated carbocycles. The van der Waals surface area contributed by atoms with Crippen LogP contribution in [0.5, 0.6) is 0 Å². The summed E-state index contributed by atoms with van der Waals surface area (Å²) in [6.07, 6.45) is 0.763. The second-order valence-electron chi connectivity index (χ2n) is 4.26. The Labute approximate surface area is 139 Å². The van der Waals surface area contributed by atoms with Gasteiger partial charge in [-0.2, -0.15) is 0 Å². The number of carbonyl (C=O) groups excluding carboxylic acids is 1. The van der Waals surface area contributed by atoms with Crippen LogP contribution in [0.15, 0.2) is 10.4 Å². The molecule has 1 aromatic rings. The topological polar surface area (TPSA) is 75.6 Å². The van der Waals surface area contributed by atoms with E-state index in [0.717, 1.165) is 30.5 Å². The monoisotopic (exact) mass is 410 g/mol. The van der Waals surface area contributed by atoms with Crippen LogP contribution in [0.2, 0.25) is 0 Å². The Morgan fingerprint density at radius 2 is 2.45 bits per heavy atom. The van der Waals surface area contributed by atoms with Crippen LogP contribution in [0.25, 0.3) is 0 Å². The number of nitrogens with one attached hydrogen (secondary N) is 2. The predicted molar refractivity (Wildman–Crippen MR) is 90.1 cm³/mol. The molecule has 0 spiro atoms. The first-order chi connectivity index (χ1) is 9.19. The summed E-state index contributed by atoms with van der Waals surface area (Å²) in [6, 6.07) is 0.401. The van der Waals surface area contributed by atoms with Crippen molar-refractivity contribution >= 4 is 47.2 Å². The lowest BCUT2D eigenvalue weighted by molar-refractivity contribution is 0.0520. The highest BCUT2D eigenvalue weighted by atomic mass is 127. The third-order valence-corrected chi connectivity index (χ3v) is 3.48. The maximum absolute atomic E-state index is 11.5. The van der Waals surface area contributed by atoms with Crippen LogP contribution in [-0.2, 0) is 11.2 Å². The molecule has 1 aliphatic rings. The highest BCUT2D eigenvalue weighted by Crippen LogP contribution is 2.11. The summed E-state index contributed by atoms with van der Waals surface area (Å²) < 4.78 is 4.90. The van der Waals surface area contributed by atoms with Gasteiger partial charge in [-0.05, 0) is 13.8 Å². The molecule has 20 heavy (non-hydrogen) atoms. The van der Waals surface area contributed by atoms with Gasteiger partial charge in [0.25, 0.3) is 0 Å². The highest BCUT2D eigenvalue weighted by molar-refractivity contribution is 14.0. The van der Waals surface area contributed by atoms with Gasteiger partial charge in [-0.3, -0.25) is 4.99 Å². The zero-order chi connectivity index (χ0) is 13.7. The number of ether oxygens (including phenoxy) is 1. The Kier molecular flexibility index (Phi) is 7.20. The quantitative estimate of drug-likeness (QED) is 0.568. The molecule has 0 amide bonds. The van der Waals surface area contributed by atoms with Crippen molar-refractivity contribution in [3.8, 4) is 0 Å². The summed E-state index contributed by atoms with van der Waals surface area (Å²) >= 11 is 1.47. The zero-order valence-corrected chi connectivity index (χ0v) is 14.7. The largest absolute Gasteiger partial charge is 0.461 e. The average molecular weight is 410 g/mol. The Morgan fingerprint density at radius 3 is 3.10 bits per heavy atom. The van der Waals surface area contributed by atoms with Crippen molar-refractivity contribution in [3.05, 3.63) is 16.1 Å². The first-order valence-electron chi connectivity index (χ1n) is 6.35. The maximum Gasteiger partial charge on any atom is 0.357 e. The lowest BCUT2D eigenvalue weighted by Gasteiger charge is -2.07. The lowest BCUT2D eigenvalue weighted by Crippen LogP contribution is -2.38. The number of carbonyl (C=O) groups is 1. The number of nitrogens with zero attached hydrogens (tertiary/aromatic N) is 2. The molecule has 2 N–H and O–H groups in total. The molecule has 112 valence electrons. The van der Waals surface area contributed by atoms with Crippen molar-refractivity contribution in [2.75, 3.05) is 19.7 Å². The first-order valence-corrected chi connectivity index (χ1v) is 7.23. The second-order valence-corrected chi connectivity index (χ2v) is 5.20. The summed E-state index contributed by atoms with van der Waals surface area (Å²) in [5.41, 5.74) is 0.395. The number of hydrogen-bond acceptors (Lipinski definition) is 7. The lowest BCUT2D eigenvalue weighted by atomic mass is 10.4. The van der Waals surface area contributed by atoms with Crippen LogP contribution in [-0.4, -0.2) is 42.7 Å². The fourth-order valence-corrected chi connectivity index (χ4v) is 2.44. The number of hydrogen-bond donors (Lipinski definition) is 2. The van der Waals surface area contributed by atoms with E-state index < -0.39 is 0 Å². The fraction of sp³-hybridized carbons (Fsp3) is 0.583. The molecule has 0 fully saturated rings. The smallest absolute Gasteiger partial charge is 0.357 e. The van der Waals surface area contributed by atoms with Gasteiger partial charge in [-0.15, -0.1) is 35.3 Å². The van der Waals surface area contributed by atoms with Gasteiger partial charge in [0.2, 0.25) is 0 Å². The Balaban J connectivity index is 0.00000200. The van der Waals surface area contributed by atoms with Gasteiger partial charge in [0.15, 0.2) is 11.7 Å². The van der Waals surface area contributed by atoms with E-state index in [-0.39, 0.29) is 29.9 Å². The summed E-state index contributed by atoms with van der Waals surface area (Å²) in [6.45, 7) is 5.80. The minimum atomic E-state index is -0.353. The van der Waals surface area contributed by atoms with Crippen LogP contribution < -0.4 is 10.6 Å². The molecule has 1 aromatic heterocycles. The van der Waals surface area contributed by atoms with Crippen molar-refractivity contribution in [3.63, 3.8) is 0 Å². The van der Waals surface area contributed by atoms with E-state index in [0.29, 0.717) is 18.3 Å². The number of guanidine groups is 1. The molecule has 1 atom stereocenters. The number of aromatic nitrogens is 1. The van der Waals surface area contributed by atoms with Crippen LogP contribution in [0.1, 0.15) is 29.3 Å². The van der Waals surface area contributed by atoms with Crippen molar-refractivity contribution < 1.29 is 9.53 Å². The molecule has 0 saturated heterocycles. The molecule has 1 unspecified atom stereocenters. The van der Waals surface area contributed by atoms with Crippen molar-refractivity contribution in [1.29, 1.82) is 0 Å². The number of esters is 1. The Hall–Kier alpha value is -0.900. The number of rotatable bonds is 5. The summed E-state index contributed by atoms with van der Waals surface area (Å²) in [5, 5.41) is 9.10. The van der Waals surface area contributed by atoms with Gasteiger partial charge in [0.1, 0.15) is 0 Å². The molecular weight excluding hydrogens is 391 g/mol. The van der Waals surface area contributed by atoms with Crippen LogP contribution in [0.4, 0.5) is 0 Å². The second kappa shape index (κ2) is 8.40. The van der Waals surface area contributed by atoms with E-state index in [4.69, 9.17) is 4.74 Å². The third-order valence-electron chi connectivity index (χ3n) is 2.57. The molecule has 0 radical (unpaired) electrons. The number of thiazole rings is 1. The fourth-order valence-electron chi connectivity index (χ4n) is 1.67. The molecule has 1 aliphatic heterocycles. The normalized spacial score (nSPS) is 16.9. The van der Waals surface area contributed by atoms with E-state index in [2.05, 4.69) is 27.5 Å². The molecule has 6 nitrogen and oxygen atoms in total. The Morgan fingerprint density at radius 1 is 1.65 bits per heavy atom. The molecule has 8 heteroatoms. The third kappa shape index (κ3) is 4.89. The zero-order valence-electron chi connectivity index (χ0n) is 11.5. The van der Waals surface area contributed by atoms with E-state index in [1.165, 1.54) is 11.3 Å². The Bertz CT molecular complexity index is 478. The molecule has 0 aliphatic carbocycles. The van der Waals surface area contributed by atoms with Gasteiger partial charge in [0.05, 0.1) is 18.2 Å². The van der Waals surface area contributed by atoms with Crippen LogP contribution in [0.3, 0.4) is 0 Å². The van der Waals surface area contributed by atoms with Gasteiger partial charge < -0.3 is 15.4 Å². The summed E-state index contributed by atoms with van der Waals surface area (Å²) in [4.78, 5) is 20.0. The van der Waals surface area contributed by atoms with Crippen molar-refractivity contribution in [2.45, 2.75) is 26.3 Å². The minimum absolute atomic E-state index is 0.